The number of ether oxygens (including phenoxy) is 1. The summed E-state index contributed by atoms with van der Waals surface area (Å²) in [6.07, 6.45) is 5.88. The number of carbonyl (C=O) groups excluding carboxylic acids is 1. The number of hydrogen-bond donors (Lipinski definition) is 2. The van der Waals surface area contributed by atoms with Crippen LogP contribution >= 0.6 is 0 Å². The lowest BCUT2D eigenvalue weighted by Gasteiger charge is -2.12. The topological polar surface area (TPSA) is 50.4 Å². The van der Waals surface area contributed by atoms with E-state index in [1.807, 2.05) is 0 Å². The maximum Gasteiger partial charge on any atom is 0.221 e. The summed E-state index contributed by atoms with van der Waals surface area (Å²) in [5.41, 5.74) is 0. The fourth-order valence-electron chi connectivity index (χ4n) is 2.26. The Morgan fingerprint density at radius 1 is 1.53 bits per heavy atom. The molecule has 2 atom stereocenters. The third-order valence-corrected chi connectivity index (χ3v) is 3.14. The van der Waals surface area contributed by atoms with Gasteiger partial charge in [-0.15, -0.1) is 0 Å². The van der Waals surface area contributed by atoms with Crippen molar-refractivity contribution in [1.29, 1.82) is 0 Å². The van der Waals surface area contributed by atoms with Gasteiger partial charge in [0.2, 0.25) is 5.91 Å². The molecule has 0 spiro atoms. The molecular formula is C11H20N2O2. The second kappa shape index (κ2) is 5.47. The maximum absolute atomic E-state index is 10.9. The molecule has 0 bridgehead atoms. The fraction of sp³-hybridized carbons (Fsp3) is 0.909. The molecule has 2 aliphatic rings. The van der Waals surface area contributed by atoms with Crippen molar-refractivity contribution in [3.05, 3.63) is 0 Å². The predicted molar refractivity (Wildman–Crippen MR) is 57.6 cm³/mol. The minimum atomic E-state index is 0.173. The smallest absolute Gasteiger partial charge is 0.221 e. The number of carbonyl (C=O) groups is 1. The standard InChI is InChI=1S/C11H20N2O2/c14-11-7-9(8-13-11)12-5-1-3-10-4-2-6-15-10/h9-10,12H,1-8H2,(H,13,14). The van der Waals surface area contributed by atoms with Gasteiger partial charge in [-0.3, -0.25) is 4.79 Å². The van der Waals surface area contributed by atoms with Crippen molar-refractivity contribution in [3.63, 3.8) is 0 Å². The molecule has 86 valence electrons. The van der Waals surface area contributed by atoms with Gasteiger partial charge in [0.15, 0.2) is 0 Å². The number of rotatable bonds is 5. The first kappa shape index (κ1) is 10.9. The Hall–Kier alpha value is -0.610. The lowest BCUT2D eigenvalue weighted by Crippen LogP contribution is -2.32. The van der Waals surface area contributed by atoms with Crippen molar-refractivity contribution >= 4 is 5.91 Å². The molecule has 2 N–H and O–H groups in total. The molecule has 2 heterocycles. The monoisotopic (exact) mass is 212 g/mol. The number of amides is 1. The Balaban J connectivity index is 1.49. The Morgan fingerprint density at radius 3 is 3.13 bits per heavy atom. The van der Waals surface area contributed by atoms with E-state index in [0.717, 1.165) is 32.5 Å². The van der Waals surface area contributed by atoms with E-state index in [9.17, 15) is 4.79 Å². The normalized spacial score (nSPS) is 30.8. The summed E-state index contributed by atoms with van der Waals surface area (Å²) < 4.78 is 5.55. The van der Waals surface area contributed by atoms with E-state index >= 15 is 0 Å². The highest BCUT2D eigenvalue weighted by Gasteiger charge is 2.20. The van der Waals surface area contributed by atoms with Gasteiger partial charge in [-0.05, 0) is 32.2 Å². The molecule has 0 radical (unpaired) electrons. The van der Waals surface area contributed by atoms with Crippen molar-refractivity contribution in [3.8, 4) is 0 Å². The summed E-state index contributed by atoms with van der Waals surface area (Å²) in [7, 11) is 0. The van der Waals surface area contributed by atoms with Gasteiger partial charge in [0.1, 0.15) is 0 Å². The van der Waals surface area contributed by atoms with Gasteiger partial charge in [0, 0.05) is 25.6 Å². The summed E-state index contributed by atoms with van der Waals surface area (Å²) in [5, 5.41) is 6.22. The fourth-order valence-corrected chi connectivity index (χ4v) is 2.26. The zero-order chi connectivity index (χ0) is 10.5. The van der Waals surface area contributed by atoms with Crippen LogP contribution < -0.4 is 10.6 Å². The molecule has 2 saturated heterocycles. The lowest BCUT2D eigenvalue weighted by atomic mass is 10.1. The van der Waals surface area contributed by atoms with Gasteiger partial charge in [-0.25, -0.2) is 0 Å². The van der Waals surface area contributed by atoms with Gasteiger partial charge < -0.3 is 15.4 Å². The van der Waals surface area contributed by atoms with E-state index in [-0.39, 0.29) is 5.91 Å². The molecule has 2 fully saturated rings. The van der Waals surface area contributed by atoms with Crippen LogP contribution in [-0.2, 0) is 9.53 Å². The highest BCUT2D eigenvalue weighted by Crippen LogP contribution is 2.16. The van der Waals surface area contributed by atoms with Gasteiger partial charge in [-0.1, -0.05) is 0 Å². The Kier molecular flexibility index (Phi) is 3.97. The number of nitrogens with one attached hydrogen (secondary N) is 2. The summed E-state index contributed by atoms with van der Waals surface area (Å²) >= 11 is 0. The van der Waals surface area contributed by atoms with E-state index in [4.69, 9.17) is 4.74 Å². The molecule has 0 aromatic heterocycles. The summed E-state index contributed by atoms with van der Waals surface area (Å²) in [6, 6.07) is 0.349. The Morgan fingerprint density at radius 2 is 2.47 bits per heavy atom. The van der Waals surface area contributed by atoms with Crippen LogP contribution in [0, 0.1) is 0 Å². The zero-order valence-corrected chi connectivity index (χ0v) is 9.13. The zero-order valence-electron chi connectivity index (χ0n) is 9.13. The van der Waals surface area contributed by atoms with Crippen molar-refractivity contribution in [2.45, 2.75) is 44.2 Å². The minimum absolute atomic E-state index is 0.173. The molecule has 4 nitrogen and oxygen atoms in total. The average Bonchev–Trinajstić information content (AvgIpc) is 2.84. The van der Waals surface area contributed by atoms with Gasteiger partial charge in [-0.2, -0.15) is 0 Å². The van der Waals surface area contributed by atoms with Crippen LogP contribution in [0.15, 0.2) is 0 Å². The highest BCUT2D eigenvalue weighted by atomic mass is 16.5. The van der Waals surface area contributed by atoms with E-state index < -0.39 is 0 Å². The van der Waals surface area contributed by atoms with Crippen molar-refractivity contribution < 1.29 is 9.53 Å². The first-order valence-electron chi connectivity index (χ1n) is 5.96. The summed E-state index contributed by atoms with van der Waals surface area (Å²) in [6.45, 7) is 2.73. The molecular weight excluding hydrogens is 192 g/mol. The second-order valence-corrected chi connectivity index (χ2v) is 4.44. The van der Waals surface area contributed by atoms with Crippen molar-refractivity contribution in [2.75, 3.05) is 19.7 Å². The van der Waals surface area contributed by atoms with Crippen molar-refractivity contribution in [2.24, 2.45) is 0 Å². The van der Waals surface area contributed by atoms with Gasteiger partial charge >= 0.3 is 0 Å². The van der Waals surface area contributed by atoms with E-state index in [1.54, 1.807) is 0 Å². The average molecular weight is 212 g/mol. The molecule has 1 amide bonds. The second-order valence-electron chi connectivity index (χ2n) is 4.44. The van der Waals surface area contributed by atoms with Crippen LogP contribution in [0.5, 0.6) is 0 Å². The van der Waals surface area contributed by atoms with Gasteiger partial charge in [0.25, 0.3) is 0 Å². The largest absolute Gasteiger partial charge is 0.378 e. The molecule has 2 unspecified atom stereocenters. The third kappa shape index (κ3) is 3.47. The van der Waals surface area contributed by atoms with Crippen LogP contribution in [0.1, 0.15) is 32.1 Å². The first-order valence-corrected chi connectivity index (χ1v) is 5.96. The van der Waals surface area contributed by atoms with Crippen LogP contribution in [0.25, 0.3) is 0 Å². The highest BCUT2D eigenvalue weighted by molar-refractivity contribution is 5.78. The van der Waals surface area contributed by atoms with Crippen LogP contribution in [-0.4, -0.2) is 37.7 Å². The summed E-state index contributed by atoms with van der Waals surface area (Å²) in [4.78, 5) is 10.9. The molecule has 0 saturated carbocycles. The van der Waals surface area contributed by atoms with E-state index in [1.165, 1.54) is 12.8 Å². The van der Waals surface area contributed by atoms with Crippen molar-refractivity contribution in [1.82, 2.24) is 10.6 Å². The molecule has 2 rings (SSSR count). The van der Waals surface area contributed by atoms with E-state index in [2.05, 4.69) is 10.6 Å². The SMILES string of the molecule is O=C1CC(NCCCC2CCCO2)CN1. The molecule has 2 aliphatic heterocycles. The molecule has 0 aliphatic carbocycles. The molecule has 0 aromatic carbocycles. The molecule has 15 heavy (non-hydrogen) atoms. The van der Waals surface area contributed by atoms with Crippen LogP contribution in [0.2, 0.25) is 0 Å². The van der Waals surface area contributed by atoms with Crippen LogP contribution in [0.3, 0.4) is 0 Å². The lowest BCUT2D eigenvalue weighted by molar-refractivity contribution is -0.119. The Bertz CT molecular complexity index is 215. The maximum atomic E-state index is 10.9. The number of hydrogen-bond acceptors (Lipinski definition) is 3. The van der Waals surface area contributed by atoms with Crippen LogP contribution in [0.4, 0.5) is 0 Å². The predicted octanol–water partition coefficient (Wildman–Crippen LogP) is 0.424. The third-order valence-electron chi connectivity index (χ3n) is 3.14. The van der Waals surface area contributed by atoms with Gasteiger partial charge in [0.05, 0.1) is 6.10 Å². The first-order chi connectivity index (χ1) is 7.34. The minimum Gasteiger partial charge on any atom is -0.378 e. The molecule has 4 heteroatoms. The summed E-state index contributed by atoms with van der Waals surface area (Å²) in [5.74, 6) is 0.173. The Labute approximate surface area is 90.8 Å². The quantitative estimate of drug-likeness (QED) is 0.650. The molecule has 0 aromatic rings. The van der Waals surface area contributed by atoms with E-state index in [0.29, 0.717) is 18.6 Å².